The Labute approximate surface area is 132 Å². The van der Waals surface area contributed by atoms with Gasteiger partial charge in [0.25, 0.3) is 0 Å². The highest BCUT2D eigenvalue weighted by molar-refractivity contribution is 7.17. The fourth-order valence-corrected chi connectivity index (χ4v) is 4.98. The SMILES string of the molecule is CC(C)C1CCC(CN)C(Cc2csc3ccccc23)C1. The first-order valence-corrected chi connectivity index (χ1v) is 9.22. The molecule has 3 unspecified atom stereocenters. The van der Waals surface area contributed by atoms with Crippen LogP contribution in [0.3, 0.4) is 0 Å². The van der Waals surface area contributed by atoms with Crippen LogP contribution >= 0.6 is 11.3 Å². The van der Waals surface area contributed by atoms with Crippen LogP contribution in [0, 0.1) is 23.7 Å². The highest BCUT2D eigenvalue weighted by Crippen LogP contribution is 2.40. The average molecular weight is 301 g/mol. The first kappa shape index (κ1) is 15.1. The van der Waals surface area contributed by atoms with Gasteiger partial charge in [-0.15, -0.1) is 11.3 Å². The molecule has 1 heterocycles. The Bertz CT molecular complexity index is 586. The molecule has 1 nitrogen and oxygen atoms in total. The zero-order valence-electron chi connectivity index (χ0n) is 13.2. The van der Waals surface area contributed by atoms with Gasteiger partial charge < -0.3 is 5.73 Å². The number of nitrogens with two attached hydrogens (primary N) is 1. The lowest BCUT2D eigenvalue weighted by atomic mass is 9.69. The third-order valence-corrected chi connectivity index (χ3v) is 6.48. The van der Waals surface area contributed by atoms with E-state index < -0.39 is 0 Å². The predicted molar refractivity (Wildman–Crippen MR) is 93.7 cm³/mol. The van der Waals surface area contributed by atoms with Gasteiger partial charge in [0.05, 0.1) is 0 Å². The summed E-state index contributed by atoms with van der Waals surface area (Å²) in [7, 11) is 0. The van der Waals surface area contributed by atoms with Crippen LogP contribution in [0.1, 0.15) is 38.7 Å². The quantitative estimate of drug-likeness (QED) is 0.836. The normalized spacial score (nSPS) is 26.6. The highest BCUT2D eigenvalue weighted by Gasteiger charge is 2.31. The van der Waals surface area contributed by atoms with Gasteiger partial charge in [0.1, 0.15) is 0 Å². The van der Waals surface area contributed by atoms with E-state index >= 15 is 0 Å². The molecule has 1 aliphatic carbocycles. The van der Waals surface area contributed by atoms with Crippen LogP contribution in [-0.2, 0) is 6.42 Å². The van der Waals surface area contributed by atoms with Crippen molar-refractivity contribution in [3.05, 3.63) is 35.2 Å². The van der Waals surface area contributed by atoms with E-state index in [9.17, 15) is 0 Å². The number of thiophene rings is 1. The summed E-state index contributed by atoms with van der Waals surface area (Å²) in [5.41, 5.74) is 7.60. The first-order valence-electron chi connectivity index (χ1n) is 8.34. The van der Waals surface area contributed by atoms with Crippen molar-refractivity contribution in [2.45, 2.75) is 39.5 Å². The Morgan fingerprint density at radius 3 is 2.76 bits per heavy atom. The third-order valence-electron chi connectivity index (χ3n) is 5.47. The van der Waals surface area contributed by atoms with Gasteiger partial charge in [0.2, 0.25) is 0 Å². The topological polar surface area (TPSA) is 26.0 Å². The second-order valence-corrected chi connectivity index (χ2v) is 7.95. The summed E-state index contributed by atoms with van der Waals surface area (Å²) in [5, 5.41) is 3.84. The van der Waals surface area contributed by atoms with E-state index in [0.29, 0.717) is 0 Å². The monoisotopic (exact) mass is 301 g/mol. The van der Waals surface area contributed by atoms with Crippen LogP contribution in [0.15, 0.2) is 29.6 Å². The van der Waals surface area contributed by atoms with E-state index in [0.717, 1.165) is 30.2 Å². The maximum atomic E-state index is 6.06. The molecule has 1 aromatic carbocycles. The molecule has 1 aliphatic rings. The Kier molecular flexibility index (Phi) is 4.66. The highest BCUT2D eigenvalue weighted by atomic mass is 32.1. The summed E-state index contributed by atoms with van der Waals surface area (Å²) in [4.78, 5) is 0. The van der Waals surface area contributed by atoms with Gasteiger partial charge in [-0.1, -0.05) is 32.0 Å². The minimum absolute atomic E-state index is 0.721. The van der Waals surface area contributed by atoms with Crippen LogP contribution in [0.25, 0.3) is 10.1 Å². The lowest BCUT2D eigenvalue weighted by Crippen LogP contribution is -2.33. The van der Waals surface area contributed by atoms with Crippen molar-refractivity contribution in [1.82, 2.24) is 0 Å². The van der Waals surface area contributed by atoms with Crippen molar-refractivity contribution < 1.29 is 0 Å². The van der Waals surface area contributed by atoms with Crippen molar-refractivity contribution in [1.29, 1.82) is 0 Å². The number of benzene rings is 1. The number of hydrogen-bond donors (Lipinski definition) is 1. The van der Waals surface area contributed by atoms with Gasteiger partial charge in [0, 0.05) is 4.70 Å². The van der Waals surface area contributed by atoms with Gasteiger partial charge in [-0.05, 0) is 78.3 Å². The van der Waals surface area contributed by atoms with Crippen molar-refractivity contribution in [3.63, 3.8) is 0 Å². The lowest BCUT2D eigenvalue weighted by molar-refractivity contribution is 0.151. The fourth-order valence-electron chi connectivity index (χ4n) is 4.00. The second kappa shape index (κ2) is 6.50. The molecule has 3 rings (SSSR count). The molecule has 21 heavy (non-hydrogen) atoms. The molecule has 2 aromatic rings. The van der Waals surface area contributed by atoms with E-state index in [2.05, 4.69) is 43.5 Å². The van der Waals surface area contributed by atoms with E-state index in [1.165, 1.54) is 35.8 Å². The predicted octanol–water partition coefficient (Wildman–Crippen LogP) is 5.09. The molecular formula is C19H27NS. The molecule has 1 aromatic heterocycles. The Hall–Kier alpha value is -0.860. The standard InChI is InChI=1S/C19H27NS/c1-13(2)14-7-8-15(11-20)16(9-14)10-17-12-21-19-6-4-3-5-18(17)19/h3-6,12-16H,7-11,20H2,1-2H3. The van der Waals surface area contributed by atoms with E-state index in [1.54, 1.807) is 5.56 Å². The largest absolute Gasteiger partial charge is 0.330 e. The van der Waals surface area contributed by atoms with Crippen LogP contribution in [0.5, 0.6) is 0 Å². The van der Waals surface area contributed by atoms with Gasteiger partial charge in [-0.25, -0.2) is 0 Å². The number of fused-ring (bicyclic) bond motifs is 1. The van der Waals surface area contributed by atoms with Crippen LogP contribution in [-0.4, -0.2) is 6.54 Å². The molecule has 0 saturated heterocycles. The van der Waals surface area contributed by atoms with Crippen LogP contribution in [0.4, 0.5) is 0 Å². The summed E-state index contributed by atoms with van der Waals surface area (Å²) in [6.07, 6.45) is 5.28. The molecular weight excluding hydrogens is 274 g/mol. The molecule has 2 heteroatoms. The average Bonchev–Trinajstić information content (AvgIpc) is 2.90. The molecule has 0 radical (unpaired) electrons. The Morgan fingerprint density at radius 2 is 2.00 bits per heavy atom. The van der Waals surface area contributed by atoms with Gasteiger partial charge >= 0.3 is 0 Å². The van der Waals surface area contributed by atoms with Gasteiger partial charge in [0.15, 0.2) is 0 Å². The maximum Gasteiger partial charge on any atom is 0.0345 e. The fraction of sp³-hybridized carbons (Fsp3) is 0.579. The second-order valence-electron chi connectivity index (χ2n) is 7.03. The lowest BCUT2D eigenvalue weighted by Gasteiger charge is -2.37. The zero-order valence-corrected chi connectivity index (χ0v) is 14.0. The van der Waals surface area contributed by atoms with Crippen molar-refractivity contribution in [2.24, 2.45) is 29.4 Å². The van der Waals surface area contributed by atoms with E-state index in [-0.39, 0.29) is 0 Å². The van der Waals surface area contributed by atoms with E-state index in [4.69, 9.17) is 5.73 Å². The molecule has 2 N–H and O–H groups in total. The third kappa shape index (κ3) is 3.17. The molecule has 1 saturated carbocycles. The van der Waals surface area contributed by atoms with Crippen molar-refractivity contribution in [2.75, 3.05) is 6.54 Å². The Balaban J connectivity index is 1.80. The molecule has 0 bridgehead atoms. The van der Waals surface area contributed by atoms with Crippen molar-refractivity contribution >= 4 is 21.4 Å². The molecule has 3 atom stereocenters. The van der Waals surface area contributed by atoms with Gasteiger partial charge in [-0.3, -0.25) is 0 Å². The minimum Gasteiger partial charge on any atom is -0.330 e. The van der Waals surface area contributed by atoms with Gasteiger partial charge in [-0.2, -0.15) is 0 Å². The maximum absolute atomic E-state index is 6.06. The minimum atomic E-state index is 0.721. The summed E-state index contributed by atoms with van der Waals surface area (Å²) >= 11 is 1.89. The zero-order chi connectivity index (χ0) is 14.8. The molecule has 114 valence electrons. The number of rotatable bonds is 4. The Morgan fingerprint density at radius 1 is 1.19 bits per heavy atom. The van der Waals surface area contributed by atoms with Crippen molar-refractivity contribution in [3.8, 4) is 0 Å². The molecule has 0 aliphatic heterocycles. The summed E-state index contributed by atoms with van der Waals surface area (Å²) in [6.45, 7) is 5.62. The van der Waals surface area contributed by atoms with E-state index in [1.807, 2.05) is 11.3 Å². The summed E-state index contributed by atoms with van der Waals surface area (Å²) in [5.74, 6) is 3.20. The molecule has 0 spiro atoms. The molecule has 1 fully saturated rings. The summed E-state index contributed by atoms with van der Waals surface area (Å²) < 4.78 is 1.42. The molecule has 0 amide bonds. The van der Waals surface area contributed by atoms with Crippen LogP contribution < -0.4 is 5.73 Å². The number of hydrogen-bond acceptors (Lipinski definition) is 2. The van der Waals surface area contributed by atoms with Crippen LogP contribution in [0.2, 0.25) is 0 Å². The smallest absolute Gasteiger partial charge is 0.0345 e. The first-order chi connectivity index (χ1) is 10.2. The summed E-state index contributed by atoms with van der Waals surface area (Å²) in [6, 6.07) is 8.82.